The standard InChI is InChI=1S/C19H18F2N2O3/c1-2-12-5-6-15(14(21)9-12)23-16-10-13(20)11-17(18(16)19(22)25)26-8-4-3-7-24/h1,5-6,9-11,23-24H,3-4,7-8H2,(H2,22,25). The third-order valence-electron chi connectivity index (χ3n) is 3.53. The first-order valence-electron chi connectivity index (χ1n) is 7.86. The lowest BCUT2D eigenvalue weighted by atomic mass is 10.1. The van der Waals surface area contributed by atoms with Crippen molar-refractivity contribution < 1.29 is 23.4 Å². The molecule has 0 atom stereocenters. The van der Waals surface area contributed by atoms with Gasteiger partial charge in [-0.3, -0.25) is 4.79 Å². The Morgan fingerprint density at radius 1 is 1.23 bits per heavy atom. The molecule has 0 unspecified atom stereocenters. The fourth-order valence-electron chi connectivity index (χ4n) is 2.30. The minimum absolute atomic E-state index is 0.00308. The highest BCUT2D eigenvalue weighted by Crippen LogP contribution is 2.31. The molecule has 0 bridgehead atoms. The molecule has 0 aromatic heterocycles. The summed E-state index contributed by atoms with van der Waals surface area (Å²) in [5, 5.41) is 11.4. The number of carbonyl (C=O) groups excluding carboxylic acids is 1. The summed E-state index contributed by atoms with van der Waals surface area (Å²) in [4.78, 5) is 11.8. The van der Waals surface area contributed by atoms with Gasteiger partial charge < -0.3 is 20.9 Å². The number of halogens is 2. The fraction of sp³-hybridized carbons (Fsp3) is 0.211. The number of aliphatic hydroxyl groups excluding tert-OH is 1. The van der Waals surface area contributed by atoms with E-state index in [-0.39, 0.29) is 35.9 Å². The number of amides is 1. The molecule has 4 N–H and O–H groups in total. The Kier molecular flexibility index (Phi) is 6.53. The average molecular weight is 360 g/mol. The van der Waals surface area contributed by atoms with Crippen LogP contribution in [0.5, 0.6) is 5.75 Å². The van der Waals surface area contributed by atoms with Gasteiger partial charge in [0, 0.05) is 18.2 Å². The topological polar surface area (TPSA) is 84.6 Å². The normalized spacial score (nSPS) is 10.2. The average Bonchev–Trinajstić information content (AvgIpc) is 2.59. The highest BCUT2D eigenvalue weighted by atomic mass is 19.1. The second kappa shape index (κ2) is 8.83. The second-order valence-corrected chi connectivity index (χ2v) is 5.43. The largest absolute Gasteiger partial charge is 0.493 e. The first-order chi connectivity index (χ1) is 12.5. The van der Waals surface area contributed by atoms with Crippen molar-refractivity contribution in [3.05, 3.63) is 53.1 Å². The Labute approximate surface area is 149 Å². The molecule has 26 heavy (non-hydrogen) atoms. The minimum atomic E-state index is -0.856. The van der Waals surface area contributed by atoms with Crippen LogP contribution < -0.4 is 15.8 Å². The number of ether oxygens (including phenoxy) is 1. The lowest BCUT2D eigenvalue weighted by molar-refractivity contribution is 0.0997. The van der Waals surface area contributed by atoms with Gasteiger partial charge in [-0.15, -0.1) is 6.42 Å². The second-order valence-electron chi connectivity index (χ2n) is 5.43. The Balaban J connectivity index is 2.36. The van der Waals surface area contributed by atoms with Crippen molar-refractivity contribution in [2.24, 2.45) is 5.73 Å². The number of nitrogens with one attached hydrogen (secondary N) is 1. The van der Waals surface area contributed by atoms with Gasteiger partial charge >= 0.3 is 0 Å². The van der Waals surface area contributed by atoms with Crippen LogP contribution in [0.25, 0.3) is 0 Å². The van der Waals surface area contributed by atoms with Crippen LogP contribution in [0.15, 0.2) is 30.3 Å². The van der Waals surface area contributed by atoms with Gasteiger partial charge in [-0.1, -0.05) is 5.92 Å². The number of primary amides is 1. The summed E-state index contributed by atoms with van der Waals surface area (Å²) in [6.45, 7) is 0.157. The van der Waals surface area contributed by atoms with E-state index in [1.165, 1.54) is 12.1 Å². The van der Waals surface area contributed by atoms with Crippen molar-refractivity contribution in [1.82, 2.24) is 0 Å². The molecule has 0 radical (unpaired) electrons. The molecule has 0 aliphatic heterocycles. The van der Waals surface area contributed by atoms with E-state index in [9.17, 15) is 13.6 Å². The lowest BCUT2D eigenvalue weighted by Crippen LogP contribution is -2.16. The van der Waals surface area contributed by atoms with E-state index in [4.69, 9.17) is 22.0 Å². The highest BCUT2D eigenvalue weighted by Gasteiger charge is 2.19. The summed E-state index contributed by atoms with van der Waals surface area (Å²) < 4.78 is 33.5. The molecule has 136 valence electrons. The molecule has 2 aromatic carbocycles. The summed E-state index contributed by atoms with van der Waals surface area (Å²) in [6, 6.07) is 6.07. The summed E-state index contributed by atoms with van der Waals surface area (Å²) in [6.07, 6.45) is 6.22. The minimum Gasteiger partial charge on any atom is -0.493 e. The van der Waals surface area contributed by atoms with Crippen LogP contribution in [0.3, 0.4) is 0 Å². The molecule has 2 rings (SSSR count). The number of hydrogen-bond donors (Lipinski definition) is 3. The van der Waals surface area contributed by atoms with E-state index in [1.807, 2.05) is 0 Å². The molecule has 0 fully saturated rings. The number of benzene rings is 2. The third-order valence-corrected chi connectivity index (χ3v) is 3.53. The van der Waals surface area contributed by atoms with Crippen LogP contribution in [0.2, 0.25) is 0 Å². The van der Waals surface area contributed by atoms with Crippen LogP contribution in [0.1, 0.15) is 28.8 Å². The first-order valence-corrected chi connectivity index (χ1v) is 7.86. The van der Waals surface area contributed by atoms with Gasteiger partial charge in [0.25, 0.3) is 5.91 Å². The number of anilines is 2. The first kappa shape index (κ1) is 19.2. The molecule has 0 saturated heterocycles. The summed E-state index contributed by atoms with van der Waals surface area (Å²) in [5.74, 6) is 0.0410. The maximum atomic E-state index is 14.1. The van der Waals surface area contributed by atoms with Crippen molar-refractivity contribution >= 4 is 17.3 Å². The lowest BCUT2D eigenvalue weighted by Gasteiger charge is -2.16. The molecule has 2 aromatic rings. The van der Waals surface area contributed by atoms with Crippen molar-refractivity contribution in [1.29, 1.82) is 0 Å². The van der Waals surface area contributed by atoms with Crippen LogP contribution >= 0.6 is 0 Å². The number of hydrogen-bond acceptors (Lipinski definition) is 4. The monoisotopic (exact) mass is 360 g/mol. The predicted molar refractivity (Wildman–Crippen MR) is 94.4 cm³/mol. The molecule has 5 nitrogen and oxygen atoms in total. The van der Waals surface area contributed by atoms with E-state index >= 15 is 0 Å². The number of unbranched alkanes of at least 4 members (excludes halogenated alkanes) is 1. The summed E-state index contributed by atoms with van der Waals surface area (Å²) >= 11 is 0. The van der Waals surface area contributed by atoms with Crippen LogP contribution in [0, 0.1) is 24.0 Å². The Bertz CT molecular complexity index is 847. The molecule has 0 saturated carbocycles. The number of rotatable bonds is 8. The van der Waals surface area contributed by atoms with E-state index in [2.05, 4.69) is 11.2 Å². The maximum absolute atomic E-state index is 14.1. The van der Waals surface area contributed by atoms with Crippen molar-refractivity contribution in [3.63, 3.8) is 0 Å². The number of carbonyl (C=O) groups is 1. The predicted octanol–water partition coefficient (Wildman–Crippen LogP) is 2.94. The zero-order valence-corrected chi connectivity index (χ0v) is 13.9. The Morgan fingerprint density at radius 2 is 2.00 bits per heavy atom. The van der Waals surface area contributed by atoms with Gasteiger partial charge in [-0.2, -0.15) is 0 Å². The van der Waals surface area contributed by atoms with Crippen molar-refractivity contribution in [2.45, 2.75) is 12.8 Å². The van der Waals surface area contributed by atoms with Crippen molar-refractivity contribution in [2.75, 3.05) is 18.5 Å². The molecule has 0 heterocycles. The zero-order valence-electron chi connectivity index (χ0n) is 13.9. The van der Waals surface area contributed by atoms with Gasteiger partial charge in [-0.05, 0) is 37.1 Å². The molecule has 1 amide bonds. The zero-order chi connectivity index (χ0) is 19.1. The summed E-state index contributed by atoms with van der Waals surface area (Å²) in [5.41, 5.74) is 5.61. The van der Waals surface area contributed by atoms with Gasteiger partial charge in [0.1, 0.15) is 22.9 Å². The SMILES string of the molecule is C#Cc1ccc(Nc2cc(F)cc(OCCCCO)c2C(N)=O)c(F)c1. The number of terminal acetylenes is 1. The molecular weight excluding hydrogens is 342 g/mol. The van der Waals surface area contributed by atoms with Crippen LogP contribution in [-0.4, -0.2) is 24.2 Å². The molecule has 0 aliphatic rings. The van der Waals surface area contributed by atoms with Gasteiger partial charge in [0.2, 0.25) is 0 Å². The van der Waals surface area contributed by atoms with Crippen LogP contribution in [-0.2, 0) is 0 Å². The number of nitrogens with two attached hydrogens (primary N) is 1. The fourth-order valence-corrected chi connectivity index (χ4v) is 2.30. The molecule has 0 aliphatic carbocycles. The number of aliphatic hydroxyl groups is 1. The van der Waals surface area contributed by atoms with E-state index < -0.39 is 17.5 Å². The smallest absolute Gasteiger partial charge is 0.254 e. The van der Waals surface area contributed by atoms with Crippen molar-refractivity contribution in [3.8, 4) is 18.1 Å². The third kappa shape index (κ3) is 4.71. The Morgan fingerprint density at radius 3 is 2.62 bits per heavy atom. The molecular formula is C19H18F2N2O3. The van der Waals surface area contributed by atoms with Gasteiger partial charge in [0.05, 0.1) is 18.0 Å². The van der Waals surface area contributed by atoms with Gasteiger partial charge in [0.15, 0.2) is 0 Å². The maximum Gasteiger partial charge on any atom is 0.254 e. The summed E-state index contributed by atoms with van der Waals surface area (Å²) in [7, 11) is 0. The quantitative estimate of drug-likeness (QED) is 0.499. The van der Waals surface area contributed by atoms with Crippen LogP contribution in [0.4, 0.5) is 20.2 Å². The van der Waals surface area contributed by atoms with E-state index in [1.54, 1.807) is 0 Å². The molecule has 0 spiro atoms. The highest BCUT2D eigenvalue weighted by molar-refractivity contribution is 6.02. The van der Waals surface area contributed by atoms with Gasteiger partial charge in [-0.25, -0.2) is 8.78 Å². The Hall–Kier alpha value is -3.11. The molecule has 7 heteroatoms. The van der Waals surface area contributed by atoms with E-state index in [0.717, 1.165) is 18.2 Å². The van der Waals surface area contributed by atoms with E-state index in [0.29, 0.717) is 18.4 Å².